The van der Waals surface area contributed by atoms with Crippen molar-refractivity contribution in [3.63, 3.8) is 0 Å². The number of allylic oxidation sites excluding steroid dienone is 4. The summed E-state index contributed by atoms with van der Waals surface area (Å²) in [5.41, 5.74) is 19.6. The van der Waals surface area contributed by atoms with Crippen molar-refractivity contribution in [3.05, 3.63) is 154 Å². The molecule has 0 atom stereocenters. The van der Waals surface area contributed by atoms with Gasteiger partial charge in [-0.3, -0.25) is 0 Å². The Kier molecular flexibility index (Phi) is 9.65. The van der Waals surface area contributed by atoms with Gasteiger partial charge in [0.1, 0.15) is 5.58 Å². The Bertz CT molecular complexity index is 2980. The number of fused-ring (bicyclic) bond motifs is 9. The molecule has 0 bridgehead atoms. The van der Waals surface area contributed by atoms with E-state index in [2.05, 4.69) is 193 Å². The Morgan fingerprint density at radius 2 is 1.49 bits per heavy atom. The van der Waals surface area contributed by atoms with E-state index in [0.29, 0.717) is 0 Å². The van der Waals surface area contributed by atoms with Crippen LogP contribution in [-0.4, -0.2) is 6.71 Å². The van der Waals surface area contributed by atoms with Crippen molar-refractivity contribution in [1.29, 1.82) is 0 Å². The van der Waals surface area contributed by atoms with E-state index in [0.717, 1.165) is 56.7 Å². The van der Waals surface area contributed by atoms with Gasteiger partial charge in [-0.25, -0.2) is 0 Å². The predicted molar refractivity (Wildman–Crippen MR) is 266 cm³/mol. The minimum atomic E-state index is 0.0396. The first-order valence-corrected chi connectivity index (χ1v) is 23.6. The fourth-order valence-corrected chi connectivity index (χ4v) is 12.7. The van der Waals surface area contributed by atoms with Crippen molar-refractivity contribution in [2.45, 2.75) is 103 Å². The number of hydrogen-bond acceptors (Lipinski definition) is 5. The first-order chi connectivity index (χ1) is 29.2. The van der Waals surface area contributed by atoms with Crippen molar-refractivity contribution in [2.24, 2.45) is 5.41 Å². The van der Waals surface area contributed by atoms with E-state index < -0.39 is 0 Å². The van der Waals surface area contributed by atoms with Crippen LogP contribution in [0.5, 0.6) is 0 Å². The fraction of sp³-hybridized carbons (Fsp3) is 0.273. The van der Waals surface area contributed by atoms with Crippen LogP contribution >= 0.6 is 23.1 Å². The number of benzene rings is 5. The molecule has 7 aromatic rings. The van der Waals surface area contributed by atoms with Crippen molar-refractivity contribution in [2.75, 3.05) is 9.80 Å². The van der Waals surface area contributed by atoms with Crippen LogP contribution in [0.4, 0.5) is 28.4 Å². The summed E-state index contributed by atoms with van der Waals surface area (Å²) < 4.78 is 8.47. The second-order valence-corrected chi connectivity index (χ2v) is 21.9. The summed E-state index contributed by atoms with van der Waals surface area (Å²) in [5.74, 6) is 0. The third-order valence-electron chi connectivity index (χ3n) is 13.4. The maximum atomic E-state index is 6.98. The average molecular weight is 835 g/mol. The molecule has 0 spiro atoms. The van der Waals surface area contributed by atoms with Crippen LogP contribution in [0.3, 0.4) is 0 Å². The van der Waals surface area contributed by atoms with Gasteiger partial charge >= 0.3 is 0 Å². The lowest BCUT2D eigenvalue weighted by molar-refractivity contribution is 0.504. The van der Waals surface area contributed by atoms with Gasteiger partial charge in [0, 0.05) is 49.0 Å². The first-order valence-electron chi connectivity index (χ1n) is 21.9. The number of anilines is 5. The normalized spacial score (nSPS) is 15.2. The van der Waals surface area contributed by atoms with Gasteiger partial charge in [-0.2, -0.15) is 0 Å². The Labute approximate surface area is 371 Å². The van der Waals surface area contributed by atoms with E-state index in [9.17, 15) is 0 Å². The minimum Gasteiger partial charge on any atom is -0.454 e. The number of rotatable bonds is 6. The highest BCUT2D eigenvalue weighted by atomic mass is 32.2. The standard InChI is InChI=1S/C55H55BN2OS2/c1-11-37(25-22-35(4)54(5,6)7)57(38-26-23-36(24-27-38)55(8,9)10)39-28-29-43-45(32-39)58(44-20-15-19-41-40-18-14-16-34(3)51(40)59-52(41)44)46-30-33(2)31-48-50(46)56(43)49-42-17-12-13-21-47(42)60-53(49)61-48/h11,14-16,18-20,22-32H,1,12-13,17,21H2,2-10H3/b35-22+,37-25+. The molecule has 0 amide bonds. The van der Waals surface area contributed by atoms with Gasteiger partial charge in [0.15, 0.2) is 5.58 Å². The molecule has 3 nitrogen and oxygen atoms in total. The molecule has 0 unspecified atom stereocenters. The molecular formula is C55H55BN2OS2. The molecule has 1 aliphatic carbocycles. The molecule has 2 aliphatic heterocycles. The van der Waals surface area contributed by atoms with Crippen LogP contribution in [-0.2, 0) is 18.3 Å². The lowest BCUT2D eigenvalue weighted by atomic mass is 9.34. The van der Waals surface area contributed by atoms with E-state index in [1.165, 1.54) is 67.4 Å². The average Bonchev–Trinajstić information content (AvgIpc) is 3.80. The molecule has 306 valence electrons. The highest BCUT2D eigenvalue weighted by molar-refractivity contribution is 8.02. The predicted octanol–water partition coefficient (Wildman–Crippen LogP) is 14.4. The molecule has 2 aromatic heterocycles. The molecule has 0 saturated carbocycles. The topological polar surface area (TPSA) is 19.6 Å². The molecule has 0 radical (unpaired) electrons. The number of thiophene rings is 1. The smallest absolute Gasteiger partial charge is 0.251 e. The highest BCUT2D eigenvalue weighted by Gasteiger charge is 2.44. The molecule has 0 N–H and O–H groups in total. The second kappa shape index (κ2) is 14.7. The van der Waals surface area contributed by atoms with Crippen molar-refractivity contribution < 1.29 is 4.42 Å². The third-order valence-corrected chi connectivity index (χ3v) is 15.9. The molecule has 4 heterocycles. The van der Waals surface area contributed by atoms with Gasteiger partial charge < -0.3 is 14.2 Å². The molecule has 0 fully saturated rings. The SMILES string of the molecule is C=C/C(=C\C=C(/C)C(C)(C)C)N(c1ccc(C(C)(C)C)cc1)c1ccc2c(c1)N(c1cccc3c1oc1c(C)cccc13)c1cc(C)cc3c1B2c1c(sc2c1CCCC2)S3. The lowest BCUT2D eigenvalue weighted by Crippen LogP contribution is -2.60. The van der Waals surface area contributed by atoms with Crippen LogP contribution in [0.25, 0.3) is 21.9 Å². The third kappa shape index (κ3) is 6.64. The van der Waals surface area contributed by atoms with Crippen molar-refractivity contribution in [1.82, 2.24) is 0 Å². The molecule has 3 aliphatic rings. The number of furan rings is 1. The number of para-hydroxylation sites is 2. The summed E-state index contributed by atoms with van der Waals surface area (Å²) in [7, 11) is 0. The Morgan fingerprint density at radius 1 is 0.770 bits per heavy atom. The molecule has 0 saturated heterocycles. The van der Waals surface area contributed by atoms with Crippen LogP contribution in [0.2, 0.25) is 0 Å². The van der Waals surface area contributed by atoms with Gasteiger partial charge in [-0.1, -0.05) is 120 Å². The Morgan fingerprint density at radius 3 is 2.23 bits per heavy atom. The maximum absolute atomic E-state index is 6.98. The van der Waals surface area contributed by atoms with E-state index >= 15 is 0 Å². The summed E-state index contributed by atoms with van der Waals surface area (Å²) in [5, 5.41) is 2.29. The van der Waals surface area contributed by atoms with E-state index in [1.54, 1.807) is 15.9 Å². The Balaban J connectivity index is 1.26. The fourth-order valence-electron chi connectivity index (χ4n) is 9.67. The van der Waals surface area contributed by atoms with Crippen molar-refractivity contribution >= 4 is 96.6 Å². The van der Waals surface area contributed by atoms with Gasteiger partial charge in [-0.05, 0) is 151 Å². The highest BCUT2D eigenvalue weighted by Crippen LogP contribution is 2.49. The molecule has 61 heavy (non-hydrogen) atoms. The molecule has 10 rings (SSSR count). The Hall–Kier alpha value is -5.17. The van der Waals surface area contributed by atoms with Crippen LogP contribution in [0.1, 0.15) is 88.4 Å². The quantitative estimate of drug-likeness (QED) is 0.123. The summed E-state index contributed by atoms with van der Waals surface area (Å²) in [4.78, 5) is 7.90. The summed E-state index contributed by atoms with van der Waals surface area (Å²) in [6, 6.07) is 34.4. The molecule has 5 aromatic carbocycles. The van der Waals surface area contributed by atoms with Gasteiger partial charge in [0.25, 0.3) is 6.71 Å². The summed E-state index contributed by atoms with van der Waals surface area (Å²) in [6.45, 7) is 24.9. The monoisotopic (exact) mass is 834 g/mol. The maximum Gasteiger partial charge on any atom is 0.251 e. The van der Waals surface area contributed by atoms with Gasteiger partial charge in [0.05, 0.1) is 9.90 Å². The summed E-state index contributed by atoms with van der Waals surface area (Å²) in [6.07, 6.45) is 11.4. The van der Waals surface area contributed by atoms with Crippen LogP contribution in [0.15, 0.2) is 141 Å². The van der Waals surface area contributed by atoms with E-state index in [4.69, 9.17) is 4.42 Å². The number of hydrogen-bond donors (Lipinski definition) is 0. The summed E-state index contributed by atoms with van der Waals surface area (Å²) >= 11 is 4.06. The second-order valence-electron chi connectivity index (χ2n) is 19.5. The first kappa shape index (κ1) is 39.9. The number of aryl methyl sites for hydroxylation is 3. The largest absolute Gasteiger partial charge is 0.454 e. The van der Waals surface area contributed by atoms with Crippen molar-refractivity contribution in [3.8, 4) is 0 Å². The zero-order chi connectivity index (χ0) is 42.5. The van der Waals surface area contributed by atoms with Crippen LogP contribution < -0.4 is 26.2 Å². The van der Waals surface area contributed by atoms with Gasteiger partial charge in [0.2, 0.25) is 0 Å². The van der Waals surface area contributed by atoms with Crippen LogP contribution in [0, 0.1) is 19.3 Å². The van der Waals surface area contributed by atoms with E-state index in [1.807, 2.05) is 17.8 Å². The minimum absolute atomic E-state index is 0.0396. The zero-order valence-electron chi connectivity index (χ0n) is 37.1. The molecule has 6 heteroatoms. The molecular weight excluding hydrogens is 780 g/mol. The zero-order valence-corrected chi connectivity index (χ0v) is 38.8. The number of nitrogens with zero attached hydrogens (tertiary/aromatic N) is 2. The lowest BCUT2D eigenvalue weighted by Gasteiger charge is -2.41. The van der Waals surface area contributed by atoms with E-state index in [-0.39, 0.29) is 17.5 Å². The van der Waals surface area contributed by atoms with Gasteiger partial charge in [-0.15, -0.1) is 11.3 Å².